The number of hydrogen-bond acceptors (Lipinski definition) is 5. The first kappa shape index (κ1) is 24.2. The van der Waals surface area contributed by atoms with Crippen molar-refractivity contribution in [2.45, 2.75) is 22.5 Å². The van der Waals surface area contributed by atoms with Crippen LogP contribution >= 0.6 is 35.0 Å². The standard InChI is InChI=1S/C26H22Cl2N6OS/c27-16-7-4-8-17(13-16)36-22(25(30)35)19(11-14-5-2-1-3-6-14)26-31-21(23(28)32-26)15-9-10-18-20(12-15)33-34-24(18)29/h1-10,12-13,19,22H,11H2,(H2,30,35)(H,31,32)(H3,29,33,34)/t19-,22?/m1/s1. The van der Waals surface area contributed by atoms with Crippen LogP contribution in [0, 0.1) is 0 Å². The van der Waals surface area contributed by atoms with Gasteiger partial charge in [-0.2, -0.15) is 5.10 Å². The number of aromatic nitrogens is 4. The molecule has 5 aromatic rings. The number of amides is 1. The Hall–Kier alpha value is -3.46. The number of benzene rings is 3. The number of anilines is 1. The molecule has 7 nitrogen and oxygen atoms in total. The van der Waals surface area contributed by atoms with Gasteiger partial charge in [0.05, 0.1) is 10.8 Å². The molecular weight excluding hydrogens is 515 g/mol. The van der Waals surface area contributed by atoms with Gasteiger partial charge in [0.15, 0.2) is 5.82 Å². The maximum atomic E-state index is 12.8. The van der Waals surface area contributed by atoms with E-state index in [-0.39, 0.29) is 5.92 Å². The first-order valence-corrected chi connectivity index (χ1v) is 12.8. The Balaban J connectivity index is 1.56. The van der Waals surface area contributed by atoms with Gasteiger partial charge < -0.3 is 16.5 Å². The predicted octanol–water partition coefficient (Wildman–Crippen LogP) is 5.81. The number of thioether (sulfide) groups is 1. The van der Waals surface area contributed by atoms with Crippen LogP contribution in [-0.4, -0.2) is 31.3 Å². The molecule has 0 bridgehead atoms. The molecule has 0 radical (unpaired) electrons. The molecule has 2 aromatic heterocycles. The van der Waals surface area contributed by atoms with E-state index in [0.29, 0.717) is 33.9 Å². The molecule has 0 spiro atoms. The van der Waals surface area contributed by atoms with Crippen LogP contribution in [0.1, 0.15) is 17.3 Å². The molecular formula is C26H22Cl2N6OS. The first-order valence-electron chi connectivity index (χ1n) is 11.1. The Bertz CT molecular complexity index is 1530. The van der Waals surface area contributed by atoms with Crippen LogP contribution < -0.4 is 11.5 Å². The average molecular weight is 537 g/mol. The molecule has 3 aromatic carbocycles. The number of H-pyrrole nitrogens is 2. The van der Waals surface area contributed by atoms with Crippen molar-refractivity contribution in [3.05, 3.63) is 94.4 Å². The summed E-state index contributed by atoms with van der Waals surface area (Å²) in [5.74, 6) is 0.160. The fraction of sp³-hybridized carbons (Fsp3) is 0.115. The maximum absolute atomic E-state index is 12.8. The van der Waals surface area contributed by atoms with Gasteiger partial charge in [-0.1, -0.05) is 65.7 Å². The van der Waals surface area contributed by atoms with E-state index in [4.69, 9.17) is 39.7 Å². The monoisotopic (exact) mass is 536 g/mol. The lowest BCUT2D eigenvalue weighted by molar-refractivity contribution is -0.117. The summed E-state index contributed by atoms with van der Waals surface area (Å²) in [6, 6.07) is 22.9. The number of imidazole rings is 1. The maximum Gasteiger partial charge on any atom is 0.231 e. The number of carbonyl (C=O) groups excluding carboxylic acids is 1. The summed E-state index contributed by atoms with van der Waals surface area (Å²) in [4.78, 5) is 21.7. The SMILES string of the molecule is NC(=O)C(Sc1cccc(Cl)c1)[C@@H](Cc1ccccc1)c1nc(-c2ccc3c(N)n[nH]c3c2)c(Cl)[nH]1. The van der Waals surface area contributed by atoms with Crippen molar-refractivity contribution >= 4 is 57.6 Å². The molecule has 2 heterocycles. The van der Waals surface area contributed by atoms with Gasteiger partial charge in [0.1, 0.15) is 16.7 Å². The van der Waals surface area contributed by atoms with Gasteiger partial charge in [0, 0.05) is 26.8 Å². The third-order valence-electron chi connectivity index (χ3n) is 5.90. The zero-order valence-electron chi connectivity index (χ0n) is 18.9. The molecule has 0 fully saturated rings. The molecule has 10 heteroatoms. The first-order chi connectivity index (χ1) is 17.4. The number of nitrogen functional groups attached to an aromatic ring is 1. The van der Waals surface area contributed by atoms with Crippen molar-refractivity contribution in [2.24, 2.45) is 5.73 Å². The minimum absolute atomic E-state index is 0.367. The molecule has 5 rings (SSSR count). The molecule has 0 saturated heterocycles. The fourth-order valence-electron chi connectivity index (χ4n) is 4.16. The van der Waals surface area contributed by atoms with Crippen molar-refractivity contribution in [1.29, 1.82) is 0 Å². The van der Waals surface area contributed by atoms with Crippen molar-refractivity contribution in [2.75, 3.05) is 5.73 Å². The van der Waals surface area contributed by atoms with E-state index in [9.17, 15) is 4.79 Å². The highest BCUT2D eigenvalue weighted by molar-refractivity contribution is 8.00. The van der Waals surface area contributed by atoms with E-state index in [1.54, 1.807) is 6.07 Å². The molecule has 0 aliphatic carbocycles. The van der Waals surface area contributed by atoms with Gasteiger partial charge in [-0.15, -0.1) is 11.8 Å². The van der Waals surface area contributed by atoms with Crippen LogP contribution in [0.4, 0.5) is 5.82 Å². The van der Waals surface area contributed by atoms with Crippen LogP contribution in [0.3, 0.4) is 0 Å². The Kier molecular flexibility index (Phi) is 6.91. The molecule has 1 amide bonds. The second kappa shape index (κ2) is 10.3. The van der Waals surface area contributed by atoms with E-state index in [2.05, 4.69) is 15.2 Å². The van der Waals surface area contributed by atoms with Crippen molar-refractivity contribution in [1.82, 2.24) is 20.2 Å². The molecule has 0 aliphatic heterocycles. The van der Waals surface area contributed by atoms with E-state index < -0.39 is 11.2 Å². The minimum atomic E-state index is -0.631. The third kappa shape index (κ3) is 5.06. The van der Waals surface area contributed by atoms with E-state index in [1.807, 2.05) is 66.7 Å². The van der Waals surface area contributed by atoms with Gasteiger partial charge in [0.2, 0.25) is 5.91 Å². The van der Waals surface area contributed by atoms with Gasteiger partial charge in [0.25, 0.3) is 0 Å². The number of rotatable bonds is 8. The number of primary amides is 1. The average Bonchev–Trinajstić information content (AvgIpc) is 3.44. The summed E-state index contributed by atoms with van der Waals surface area (Å²) < 4.78 is 0. The van der Waals surface area contributed by atoms with Crippen LogP contribution in [-0.2, 0) is 11.2 Å². The van der Waals surface area contributed by atoms with Gasteiger partial charge in [-0.25, -0.2) is 4.98 Å². The lowest BCUT2D eigenvalue weighted by Gasteiger charge is -2.23. The van der Waals surface area contributed by atoms with E-state index in [0.717, 1.165) is 26.9 Å². The van der Waals surface area contributed by atoms with Crippen molar-refractivity contribution < 1.29 is 4.79 Å². The van der Waals surface area contributed by atoms with E-state index in [1.165, 1.54) is 11.8 Å². The molecule has 182 valence electrons. The summed E-state index contributed by atoms with van der Waals surface area (Å²) in [5, 5.41) is 8.10. The number of hydrogen-bond donors (Lipinski definition) is 4. The molecule has 1 unspecified atom stereocenters. The third-order valence-corrected chi connectivity index (χ3v) is 7.75. The second-order valence-corrected chi connectivity index (χ2v) is 10.4. The lowest BCUT2D eigenvalue weighted by Crippen LogP contribution is -2.33. The summed E-state index contributed by atoms with van der Waals surface area (Å²) in [7, 11) is 0. The zero-order chi connectivity index (χ0) is 25.2. The number of carbonyl (C=O) groups is 1. The highest BCUT2D eigenvalue weighted by Gasteiger charge is 2.32. The quantitative estimate of drug-likeness (QED) is 0.186. The number of aromatic amines is 2. The van der Waals surface area contributed by atoms with E-state index >= 15 is 0 Å². The van der Waals surface area contributed by atoms with Crippen LogP contribution in [0.2, 0.25) is 10.2 Å². The normalized spacial score (nSPS) is 13.1. The van der Waals surface area contributed by atoms with Crippen LogP contribution in [0.5, 0.6) is 0 Å². The Morgan fingerprint density at radius 2 is 1.83 bits per heavy atom. The van der Waals surface area contributed by atoms with Gasteiger partial charge in [-0.05, 0) is 42.3 Å². The second-order valence-electron chi connectivity index (χ2n) is 8.35. The van der Waals surface area contributed by atoms with Crippen LogP contribution in [0.25, 0.3) is 22.2 Å². The van der Waals surface area contributed by atoms with Crippen molar-refractivity contribution in [3.8, 4) is 11.3 Å². The molecule has 36 heavy (non-hydrogen) atoms. The molecule has 0 aliphatic rings. The zero-order valence-corrected chi connectivity index (χ0v) is 21.2. The number of nitrogens with one attached hydrogen (secondary N) is 2. The number of halogens is 2. The smallest absolute Gasteiger partial charge is 0.231 e. The Labute approximate surface area is 221 Å². The number of nitrogens with zero attached hydrogens (tertiary/aromatic N) is 2. The summed E-state index contributed by atoms with van der Waals surface area (Å²) in [5.41, 5.74) is 15.0. The molecule has 2 atom stereocenters. The lowest BCUT2D eigenvalue weighted by atomic mass is 9.94. The van der Waals surface area contributed by atoms with Crippen LogP contribution in [0.15, 0.2) is 77.7 Å². The fourth-order valence-corrected chi connectivity index (χ4v) is 5.82. The summed E-state index contributed by atoms with van der Waals surface area (Å²) >= 11 is 14.2. The molecule has 0 saturated carbocycles. The largest absolute Gasteiger partial charge is 0.382 e. The Morgan fingerprint density at radius 1 is 1.03 bits per heavy atom. The highest BCUT2D eigenvalue weighted by atomic mass is 35.5. The summed E-state index contributed by atoms with van der Waals surface area (Å²) in [6.45, 7) is 0. The van der Waals surface area contributed by atoms with Gasteiger partial charge in [-0.3, -0.25) is 9.89 Å². The van der Waals surface area contributed by atoms with Crippen molar-refractivity contribution in [3.63, 3.8) is 0 Å². The predicted molar refractivity (Wildman–Crippen MR) is 146 cm³/mol. The summed E-state index contributed by atoms with van der Waals surface area (Å²) in [6.07, 6.45) is 0.529. The van der Waals surface area contributed by atoms with Gasteiger partial charge >= 0.3 is 0 Å². The minimum Gasteiger partial charge on any atom is -0.382 e. The number of fused-ring (bicyclic) bond motifs is 1. The highest BCUT2D eigenvalue weighted by Crippen LogP contribution is 2.38. The topological polar surface area (TPSA) is 126 Å². The Morgan fingerprint density at radius 3 is 2.58 bits per heavy atom. The molecule has 6 N–H and O–H groups in total. The number of nitrogens with two attached hydrogens (primary N) is 2.